The lowest BCUT2D eigenvalue weighted by atomic mass is 9.93. The Morgan fingerprint density at radius 3 is 2.40 bits per heavy atom. The molecule has 0 bridgehead atoms. The first-order valence-corrected chi connectivity index (χ1v) is 15.5. The summed E-state index contributed by atoms with van der Waals surface area (Å²) in [6, 6.07) is 12.1. The number of hydrogen-bond donors (Lipinski definition) is 3. The topological polar surface area (TPSA) is 94.8 Å². The number of phenols is 1. The van der Waals surface area contributed by atoms with E-state index in [1.165, 1.54) is 31.2 Å². The number of carbonyl (C=O) groups is 1. The number of aryl methyl sites for hydroxylation is 2. The molecule has 1 fully saturated rings. The van der Waals surface area contributed by atoms with Crippen molar-refractivity contribution < 1.29 is 37.0 Å². The molecule has 0 spiro atoms. The average Bonchev–Trinajstić information content (AvgIpc) is 3.01. The number of hydrogen-bond acceptors (Lipinski definition) is 5. The third-order valence-corrected chi connectivity index (χ3v) is 8.70. The van der Waals surface area contributed by atoms with Crippen LogP contribution in [0.4, 0.5) is 22.0 Å². The van der Waals surface area contributed by atoms with Gasteiger partial charge in [-0.3, -0.25) is 19.1 Å². The van der Waals surface area contributed by atoms with Crippen LogP contribution in [0, 0.1) is 19.7 Å². The predicted octanol–water partition coefficient (Wildman–Crippen LogP) is 6.15. The lowest BCUT2D eigenvalue weighted by Crippen LogP contribution is -2.49. The molecule has 1 unspecified atom stereocenters. The quantitative estimate of drug-likeness (QED) is 0.176. The number of amides is 1. The lowest BCUT2D eigenvalue weighted by molar-refractivity contribution is -0.138. The zero-order chi connectivity index (χ0) is 34.9. The number of aliphatic hydroxyl groups excluding tert-OH is 1. The number of alkyl halides is 4. The maximum Gasteiger partial charge on any atom is 0.416 e. The zero-order valence-corrected chi connectivity index (χ0v) is 26.6. The van der Waals surface area contributed by atoms with Crippen LogP contribution in [0.15, 0.2) is 71.7 Å². The van der Waals surface area contributed by atoms with Crippen molar-refractivity contribution >= 4 is 5.91 Å². The number of carbonyl (C=O) groups excluding carboxylic acids is 1. The summed E-state index contributed by atoms with van der Waals surface area (Å²) in [5.41, 5.74) is 0.187. The summed E-state index contributed by atoms with van der Waals surface area (Å²) in [4.78, 5) is 29.1. The summed E-state index contributed by atoms with van der Waals surface area (Å²) in [5, 5.41) is 23.1. The van der Waals surface area contributed by atoms with Crippen molar-refractivity contribution in [3.63, 3.8) is 0 Å². The van der Waals surface area contributed by atoms with Gasteiger partial charge in [0.25, 0.3) is 5.56 Å². The number of aromatic hydroxyl groups is 1. The van der Waals surface area contributed by atoms with Crippen molar-refractivity contribution in [2.24, 2.45) is 0 Å². The van der Waals surface area contributed by atoms with Gasteiger partial charge in [0.2, 0.25) is 5.91 Å². The van der Waals surface area contributed by atoms with Gasteiger partial charge in [0.15, 0.2) is 0 Å². The summed E-state index contributed by atoms with van der Waals surface area (Å²) in [6.07, 6.45) is -5.07. The third kappa shape index (κ3) is 7.29. The van der Waals surface area contributed by atoms with Crippen molar-refractivity contribution in [1.82, 2.24) is 14.8 Å². The second kappa shape index (κ2) is 13.9. The van der Waals surface area contributed by atoms with E-state index < -0.39 is 53.9 Å². The van der Waals surface area contributed by atoms with Crippen LogP contribution in [0.5, 0.6) is 5.75 Å². The molecule has 3 aromatic carbocycles. The molecule has 4 aromatic rings. The van der Waals surface area contributed by atoms with E-state index in [0.717, 1.165) is 16.3 Å². The number of likely N-dealkylation sites (tertiary alicyclic amines) is 1. The molecule has 48 heavy (non-hydrogen) atoms. The van der Waals surface area contributed by atoms with Crippen molar-refractivity contribution in [1.29, 1.82) is 0 Å². The van der Waals surface area contributed by atoms with Gasteiger partial charge in [0.05, 0.1) is 18.2 Å². The number of nitrogens with zero attached hydrogens (tertiary/aromatic N) is 2. The van der Waals surface area contributed by atoms with Crippen LogP contribution in [0.25, 0.3) is 11.1 Å². The van der Waals surface area contributed by atoms with Gasteiger partial charge < -0.3 is 15.5 Å². The first-order valence-electron chi connectivity index (χ1n) is 15.5. The molecule has 2 atom stereocenters. The van der Waals surface area contributed by atoms with Crippen molar-refractivity contribution in [3.05, 3.63) is 122 Å². The molecule has 1 saturated heterocycles. The van der Waals surface area contributed by atoms with Gasteiger partial charge in [0.1, 0.15) is 23.8 Å². The number of aromatic nitrogens is 1. The summed E-state index contributed by atoms with van der Waals surface area (Å²) < 4.78 is 72.1. The van der Waals surface area contributed by atoms with Crippen LogP contribution in [0.1, 0.15) is 58.0 Å². The van der Waals surface area contributed by atoms with Crippen LogP contribution in [0.3, 0.4) is 0 Å². The smallest absolute Gasteiger partial charge is 0.416 e. The zero-order valence-electron chi connectivity index (χ0n) is 26.6. The normalized spacial score (nSPS) is 15.2. The van der Waals surface area contributed by atoms with Gasteiger partial charge in [0, 0.05) is 43.0 Å². The van der Waals surface area contributed by atoms with E-state index in [-0.39, 0.29) is 54.1 Å². The number of nitrogens with one attached hydrogen (secondary N) is 1. The molecule has 254 valence electrons. The molecule has 12 heteroatoms. The molecule has 2 heterocycles. The highest BCUT2D eigenvalue weighted by Crippen LogP contribution is 2.36. The maximum atomic E-state index is 15.6. The summed E-state index contributed by atoms with van der Waals surface area (Å²) >= 11 is 0. The van der Waals surface area contributed by atoms with Crippen molar-refractivity contribution in [2.75, 3.05) is 19.6 Å². The summed E-state index contributed by atoms with van der Waals surface area (Å²) in [6.45, 7) is 4.77. The van der Waals surface area contributed by atoms with Gasteiger partial charge >= 0.3 is 6.18 Å². The molecular weight excluding hydrogens is 633 g/mol. The fourth-order valence-electron chi connectivity index (χ4n) is 6.18. The Morgan fingerprint density at radius 1 is 1.04 bits per heavy atom. The Hall–Kier alpha value is -4.55. The van der Waals surface area contributed by atoms with E-state index in [0.29, 0.717) is 22.8 Å². The van der Waals surface area contributed by atoms with Gasteiger partial charge in [-0.2, -0.15) is 13.2 Å². The standard InChI is InChI=1S/C36H36F5N3O4/c1-20-6-4-9-30(46)32(20)26-12-21(2)33(38)28(14-26)22(3)42-35(48)34(24-8-5-7-23(13-24)19-45)44-16-25(10-11-43-17-27(37)18-43)29(15-31(44)47)36(39,40)41/h4-9,12-16,22,27,34,45-46H,10-11,17-19H2,1-3H3,(H,42,48)/t22-,34?/m0/s1. The Morgan fingerprint density at radius 2 is 1.75 bits per heavy atom. The lowest BCUT2D eigenvalue weighted by Gasteiger charge is -2.34. The van der Waals surface area contributed by atoms with E-state index in [4.69, 9.17) is 0 Å². The van der Waals surface area contributed by atoms with Crippen LogP contribution < -0.4 is 10.9 Å². The predicted molar refractivity (Wildman–Crippen MR) is 171 cm³/mol. The highest BCUT2D eigenvalue weighted by atomic mass is 19.4. The molecule has 0 radical (unpaired) electrons. The maximum absolute atomic E-state index is 15.6. The second-order valence-electron chi connectivity index (χ2n) is 12.3. The Labute approximate surface area is 274 Å². The SMILES string of the molecule is Cc1cc(-c2c(C)cccc2O)cc([C@H](C)NC(=O)C(c2cccc(CO)c2)n2cc(CCN3CC(F)C3)c(C(F)(F)F)cc2=O)c1F. The first kappa shape index (κ1) is 34.8. The Kier molecular flexibility index (Phi) is 10.1. The summed E-state index contributed by atoms with van der Waals surface area (Å²) in [7, 11) is 0. The van der Waals surface area contributed by atoms with Crippen molar-refractivity contribution in [2.45, 2.75) is 58.2 Å². The summed E-state index contributed by atoms with van der Waals surface area (Å²) in [5.74, 6) is -1.42. The number of benzene rings is 3. The van der Waals surface area contributed by atoms with E-state index in [1.54, 1.807) is 49.1 Å². The van der Waals surface area contributed by atoms with E-state index >= 15 is 4.39 Å². The number of halogens is 5. The molecule has 7 nitrogen and oxygen atoms in total. The molecule has 1 aliphatic heterocycles. The first-order chi connectivity index (χ1) is 22.7. The van der Waals surface area contributed by atoms with Crippen LogP contribution in [-0.2, 0) is 24.0 Å². The molecule has 1 amide bonds. The largest absolute Gasteiger partial charge is 0.507 e. The van der Waals surface area contributed by atoms with Gasteiger partial charge in [-0.25, -0.2) is 8.78 Å². The molecule has 0 aliphatic carbocycles. The molecular formula is C36H36F5N3O4. The number of rotatable bonds is 10. The molecule has 1 aromatic heterocycles. The van der Waals surface area contributed by atoms with Crippen LogP contribution >= 0.6 is 0 Å². The van der Waals surface area contributed by atoms with Gasteiger partial charge in [-0.05, 0) is 78.8 Å². The number of aliphatic hydroxyl groups is 1. The fraction of sp³-hybridized carbons (Fsp3) is 0.333. The van der Waals surface area contributed by atoms with E-state index in [2.05, 4.69) is 5.32 Å². The highest BCUT2D eigenvalue weighted by molar-refractivity contribution is 5.84. The molecule has 1 aliphatic rings. The monoisotopic (exact) mass is 669 g/mol. The Balaban J connectivity index is 1.56. The van der Waals surface area contributed by atoms with Crippen molar-refractivity contribution in [3.8, 4) is 16.9 Å². The fourth-order valence-corrected chi connectivity index (χ4v) is 6.18. The second-order valence-corrected chi connectivity index (χ2v) is 12.3. The molecule has 5 rings (SSSR count). The molecule has 3 N–H and O–H groups in total. The average molecular weight is 670 g/mol. The minimum absolute atomic E-state index is 0.0106. The highest BCUT2D eigenvalue weighted by Gasteiger charge is 2.36. The minimum atomic E-state index is -4.86. The Bertz CT molecular complexity index is 1860. The van der Waals surface area contributed by atoms with Crippen LogP contribution in [-0.4, -0.2) is 51.4 Å². The number of phenolic OH excluding ortho intramolecular Hbond substituents is 1. The van der Waals surface area contributed by atoms with Gasteiger partial charge in [-0.1, -0.05) is 36.4 Å². The third-order valence-electron chi connectivity index (χ3n) is 8.70. The van der Waals surface area contributed by atoms with Gasteiger partial charge in [-0.15, -0.1) is 0 Å². The molecule has 0 saturated carbocycles. The number of pyridine rings is 1. The minimum Gasteiger partial charge on any atom is -0.507 e. The van der Waals surface area contributed by atoms with Crippen LogP contribution in [0.2, 0.25) is 0 Å². The van der Waals surface area contributed by atoms with E-state index in [9.17, 15) is 37.4 Å². The van der Waals surface area contributed by atoms with E-state index in [1.807, 2.05) is 0 Å².